The molecule has 2 N–H and O–H groups in total. The number of anilines is 1. The van der Waals surface area contributed by atoms with Crippen LogP contribution in [-0.2, 0) is 14.3 Å². The summed E-state index contributed by atoms with van der Waals surface area (Å²) in [4.78, 5) is 40.7. The van der Waals surface area contributed by atoms with Gasteiger partial charge in [0, 0.05) is 12.3 Å². The lowest BCUT2D eigenvalue weighted by atomic mass is 10.1. The number of hydrogen-bond donors (Lipinski definition) is 2. The lowest BCUT2D eigenvalue weighted by molar-refractivity contribution is -0.145. The topological polar surface area (TPSA) is 127 Å². The number of ether oxygens (including phenoxy) is 3. The van der Waals surface area contributed by atoms with Crippen LogP contribution < -0.4 is 19.7 Å². The van der Waals surface area contributed by atoms with Gasteiger partial charge in [-0.2, -0.15) is 0 Å². The molecule has 1 fully saturated rings. The van der Waals surface area contributed by atoms with Crippen molar-refractivity contribution in [2.75, 3.05) is 18.1 Å². The van der Waals surface area contributed by atoms with Gasteiger partial charge in [-0.3, -0.25) is 4.79 Å². The minimum absolute atomic E-state index is 0.0358. The first-order valence-corrected chi connectivity index (χ1v) is 9.77. The number of hydrogen-bond acceptors (Lipinski definition) is 8. The number of halogens is 2. The summed E-state index contributed by atoms with van der Waals surface area (Å²) >= 11 is 6.09. The van der Waals surface area contributed by atoms with Gasteiger partial charge in [0.1, 0.15) is 17.3 Å². The molecule has 1 aromatic carbocycles. The Balaban J connectivity index is 1.89. The Hall–Kier alpha value is -3.44. The smallest absolute Gasteiger partial charge is 0.344 e. The van der Waals surface area contributed by atoms with Crippen LogP contribution in [-0.4, -0.2) is 46.9 Å². The van der Waals surface area contributed by atoms with Gasteiger partial charge in [0.25, 0.3) is 5.88 Å². The molecule has 1 unspecified atom stereocenters. The molecule has 0 saturated carbocycles. The maximum atomic E-state index is 14.6. The van der Waals surface area contributed by atoms with Crippen molar-refractivity contribution in [3.05, 3.63) is 41.3 Å². The number of rotatable bonds is 7. The second-order valence-electron chi connectivity index (χ2n) is 6.85. The molecule has 10 nitrogen and oxygen atoms in total. The summed E-state index contributed by atoms with van der Waals surface area (Å²) in [6.45, 7) is 2.65. The highest BCUT2D eigenvalue weighted by Crippen LogP contribution is 2.38. The molecule has 12 heteroatoms. The second-order valence-corrected chi connectivity index (χ2v) is 7.25. The third-order valence-corrected chi connectivity index (χ3v) is 4.45. The fourth-order valence-corrected chi connectivity index (χ4v) is 3.03. The molecule has 3 rings (SSSR count). The van der Waals surface area contributed by atoms with E-state index in [0.717, 1.165) is 12.1 Å². The van der Waals surface area contributed by atoms with Gasteiger partial charge in [0.2, 0.25) is 5.91 Å². The number of pyridine rings is 1. The number of aliphatic hydroxyl groups is 1. The van der Waals surface area contributed by atoms with E-state index < -0.39 is 48.2 Å². The van der Waals surface area contributed by atoms with Crippen LogP contribution in [0, 0.1) is 5.82 Å². The predicted octanol–water partition coefficient (Wildman–Crippen LogP) is 2.76. The van der Waals surface area contributed by atoms with E-state index in [-0.39, 0.29) is 29.0 Å². The first kappa shape index (κ1) is 23.2. The van der Waals surface area contributed by atoms with E-state index in [4.69, 9.17) is 25.8 Å². The van der Waals surface area contributed by atoms with Crippen molar-refractivity contribution in [2.45, 2.75) is 26.0 Å². The number of nitrogens with zero attached hydrogens (tertiary/aromatic N) is 2. The number of amides is 3. The van der Waals surface area contributed by atoms with Crippen LogP contribution >= 0.6 is 11.6 Å². The quantitative estimate of drug-likeness (QED) is 0.595. The van der Waals surface area contributed by atoms with Crippen LogP contribution in [0.1, 0.15) is 20.3 Å². The minimum Gasteiger partial charge on any atom is -0.463 e. The number of urea groups is 1. The average molecular weight is 468 g/mol. The third-order valence-electron chi connectivity index (χ3n) is 4.15. The van der Waals surface area contributed by atoms with Gasteiger partial charge in [-0.25, -0.2) is 23.9 Å². The number of aromatic nitrogens is 1. The van der Waals surface area contributed by atoms with E-state index in [1.165, 1.54) is 25.3 Å². The van der Waals surface area contributed by atoms with Crippen molar-refractivity contribution in [3.63, 3.8) is 0 Å². The van der Waals surface area contributed by atoms with Crippen LogP contribution in [0.15, 0.2) is 30.5 Å². The first-order chi connectivity index (χ1) is 15.1. The van der Waals surface area contributed by atoms with Crippen molar-refractivity contribution in [1.82, 2.24) is 10.3 Å². The summed E-state index contributed by atoms with van der Waals surface area (Å²) in [6.07, 6.45) is 0.930. The molecule has 3 amide bonds. The molecule has 32 heavy (non-hydrogen) atoms. The highest BCUT2D eigenvalue weighted by molar-refractivity contribution is 6.32. The van der Waals surface area contributed by atoms with Crippen LogP contribution in [0.2, 0.25) is 5.02 Å². The number of benzene rings is 1. The summed E-state index contributed by atoms with van der Waals surface area (Å²) in [5, 5.41) is 12.0. The summed E-state index contributed by atoms with van der Waals surface area (Å²) < 4.78 is 30.4. The van der Waals surface area contributed by atoms with E-state index in [1.54, 1.807) is 6.92 Å². The van der Waals surface area contributed by atoms with Crippen molar-refractivity contribution < 1.29 is 38.1 Å². The van der Waals surface area contributed by atoms with Crippen molar-refractivity contribution in [1.29, 1.82) is 0 Å². The van der Waals surface area contributed by atoms with Crippen molar-refractivity contribution >= 4 is 35.2 Å². The Bertz CT molecular complexity index is 1040. The molecular weight excluding hydrogens is 449 g/mol. The van der Waals surface area contributed by atoms with Gasteiger partial charge in [0.05, 0.1) is 23.7 Å². The molecule has 1 aliphatic heterocycles. The van der Waals surface area contributed by atoms with Gasteiger partial charge in [-0.1, -0.05) is 11.6 Å². The number of carbonyl (C=O) groups excluding carboxylic acids is 3. The zero-order valence-corrected chi connectivity index (χ0v) is 17.8. The normalized spacial score (nSPS) is 18.2. The van der Waals surface area contributed by atoms with Gasteiger partial charge in [0.15, 0.2) is 12.4 Å². The zero-order chi connectivity index (χ0) is 23.5. The molecule has 2 heterocycles. The highest BCUT2D eigenvalue weighted by atomic mass is 35.5. The van der Waals surface area contributed by atoms with E-state index >= 15 is 0 Å². The molecule has 0 radical (unpaired) electrons. The van der Waals surface area contributed by atoms with Crippen LogP contribution in [0.3, 0.4) is 0 Å². The van der Waals surface area contributed by atoms with Gasteiger partial charge in [-0.15, -0.1) is 0 Å². The van der Waals surface area contributed by atoms with Crippen LogP contribution in [0.4, 0.5) is 14.9 Å². The lowest BCUT2D eigenvalue weighted by Crippen LogP contribution is -2.61. The van der Waals surface area contributed by atoms with E-state index in [1.807, 2.05) is 0 Å². The molecule has 1 saturated heterocycles. The third kappa shape index (κ3) is 5.24. The Morgan fingerprint density at radius 3 is 2.81 bits per heavy atom. The lowest BCUT2D eigenvalue weighted by Gasteiger charge is -2.35. The summed E-state index contributed by atoms with van der Waals surface area (Å²) in [5.74, 6) is -2.55. The van der Waals surface area contributed by atoms with Gasteiger partial charge < -0.3 is 24.6 Å². The zero-order valence-electron chi connectivity index (χ0n) is 17.1. The monoisotopic (exact) mass is 467 g/mol. The molecule has 0 spiro atoms. The van der Waals surface area contributed by atoms with E-state index in [9.17, 15) is 23.9 Å². The number of nitrogens with one attached hydrogen (secondary N) is 1. The van der Waals surface area contributed by atoms with Crippen molar-refractivity contribution in [3.8, 4) is 17.4 Å². The molecule has 170 valence electrons. The van der Waals surface area contributed by atoms with E-state index in [0.29, 0.717) is 4.90 Å². The maximum Gasteiger partial charge on any atom is 0.344 e. The SMILES string of the molecule is CCOC(=O)COc1ncccc1Oc1cc(N2C(=O)CC(C)(O)NC2=O)c(F)cc1Cl. The van der Waals surface area contributed by atoms with E-state index in [2.05, 4.69) is 10.3 Å². The molecule has 1 atom stereocenters. The number of carbonyl (C=O) groups is 3. The molecule has 0 aliphatic carbocycles. The second kappa shape index (κ2) is 9.37. The molecule has 2 aromatic rings. The minimum atomic E-state index is -1.76. The summed E-state index contributed by atoms with van der Waals surface area (Å²) in [7, 11) is 0. The number of imide groups is 1. The standard InChI is InChI=1S/C20H19ClFN3O7/c1-3-30-17(27)10-31-18-14(5-4-6-23-18)32-15-8-13(12(22)7-11(15)21)25-16(26)9-20(2,29)24-19(25)28/h4-8,29H,3,9-10H2,1-2H3,(H,24,28). The molecular formula is C20H19ClFN3O7. The molecule has 0 bridgehead atoms. The maximum absolute atomic E-state index is 14.6. The van der Waals surface area contributed by atoms with Crippen LogP contribution in [0.5, 0.6) is 17.4 Å². The highest BCUT2D eigenvalue weighted by Gasteiger charge is 2.40. The summed E-state index contributed by atoms with van der Waals surface area (Å²) in [5.41, 5.74) is -2.19. The largest absolute Gasteiger partial charge is 0.463 e. The molecule has 1 aromatic heterocycles. The Morgan fingerprint density at radius 2 is 2.12 bits per heavy atom. The van der Waals surface area contributed by atoms with Crippen LogP contribution in [0.25, 0.3) is 0 Å². The molecule has 1 aliphatic rings. The first-order valence-electron chi connectivity index (χ1n) is 9.39. The Kier molecular flexibility index (Phi) is 6.80. The fraction of sp³-hybridized carbons (Fsp3) is 0.300. The fourth-order valence-electron chi connectivity index (χ4n) is 2.84. The summed E-state index contributed by atoms with van der Waals surface area (Å²) in [6, 6.07) is 3.89. The Morgan fingerprint density at radius 1 is 1.38 bits per heavy atom. The predicted molar refractivity (Wildman–Crippen MR) is 109 cm³/mol. The van der Waals surface area contributed by atoms with Gasteiger partial charge >= 0.3 is 12.0 Å². The van der Waals surface area contributed by atoms with Crippen molar-refractivity contribution in [2.24, 2.45) is 0 Å². The number of esters is 1. The van der Waals surface area contributed by atoms with Gasteiger partial charge in [-0.05, 0) is 32.0 Å². The average Bonchev–Trinajstić information content (AvgIpc) is 2.69. The Labute approximate surface area is 186 Å².